The number of hydrogen-bond donors (Lipinski definition) is 0. The van der Waals surface area contributed by atoms with Crippen molar-refractivity contribution in [2.24, 2.45) is 0 Å². The van der Waals surface area contributed by atoms with Crippen molar-refractivity contribution in [1.82, 2.24) is 24.2 Å². The predicted molar refractivity (Wildman–Crippen MR) is 132 cm³/mol. The van der Waals surface area contributed by atoms with Crippen LogP contribution >= 0.6 is 11.6 Å². The predicted octanol–water partition coefficient (Wildman–Crippen LogP) is 4.75. The fourth-order valence-corrected chi connectivity index (χ4v) is 3.82. The van der Waals surface area contributed by atoms with Gasteiger partial charge in [0.15, 0.2) is 0 Å². The molecule has 2 heterocycles. The van der Waals surface area contributed by atoms with Gasteiger partial charge in [-0.2, -0.15) is 0 Å². The van der Waals surface area contributed by atoms with Gasteiger partial charge in [-0.1, -0.05) is 54.1 Å². The first-order valence-corrected chi connectivity index (χ1v) is 11.6. The molecule has 0 unspecified atom stereocenters. The van der Waals surface area contributed by atoms with Crippen molar-refractivity contribution in [3.05, 3.63) is 101 Å². The summed E-state index contributed by atoms with van der Waals surface area (Å²) in [6.45, 7) is 2.93. The third kappa shape index (κ3) is 6.70. The van der Waals surface area contributed by atoms with E-state index in [4.69, 9.17) is 21.4 Å². The molecule has 0 amide bonds. The lowest BCUT2D eigenvalue weighted by atomic mass is 10.1. The van der Waals surface area contributed by atoms with Gasteiger partial charge in [-0.15, -0.1) is 5.10 Å². The molecule has 0 bridgehead atoms. The molecule has 0 N–H and O–H groups in total. The molecule has 4 rings (SSSR count). The zero-order chi connectivity index (χ0) is 23.0. The summed E-state index contributed by atoms with van der Waals surface area (Å²) in [4.78, 5) is 6.76. The first-order valence-electron chi connectivity index (χ1n) is 11.2. The van der Waals surface area contributed by atoms with E-state index in [-0.39, 0.29) is 0 Å². The number of rotatable bonds is 11. The second-order valence-electron chi connectivity index (χ2n) is 8.40. The molecule has 0 fully saturated rings. The van der Waals surface area contributed by atoms with Crippen LogP contribution in [0.5, 0.6) is 5.88 Å². The number of benzene rings is 2. The molecular formula is C26H30ClN5O. The van der Waals surface area contributed by atoms with Gasteiger partial charge in [-0.05, 0) is 43.8 Å². The third-order valence-corrected chi connectivity index (χ3v) is 5.68. The summed E-state index contributed by atoms with van der Waals surface area (Å²) in [6, 6.07) is 20.4. The van der Waals surface area contributed by atoms with Crippen LogP contribution in [0.2, 0.25) is 5.02 Å². The van der Waals surface area contributed by atoms with Crippen LogP contribution in [0.4, 0.5) is 0 Å². The molecule has 0 aliphatic heterocycles. The monoisotopic (exact) mass is 463 g/mol. The fraction of sp³-hybridized carbons (Fsp3) is 0.308. The maximum Gasteiger partial charge on any atom is 0.233 e. The lowest BCUT2D eigenvalue weighted by Crippen LogP contribution is -2.15. The molecule has 0 spiro atoms. The molecule has 0 saturated carbocycles. The van der Waals surface area contributed by atoms with Crippen LogP contribution in [0, 0.1) is 0 Å². The molecular weight excluding hydrogens is 434 g/mol. The normalized spacial score (nSPS) is 11.3. The Morgan fingerprint density at radius 1 is 0.970 bits per heavy atom. The van der Waals surface area contributed by atoms with Crippen molar-refractivity contribution in [2.45, 2.75) is 25.9 Å². The van der Waals surface area contributed by atoms with Gasteiger partial charge >= 0.3 is 0 Å². The summed E-state index contributed by atoms with van der Waals surface area (Å²) in [5, 5.41) is 5.51. The first kappa shape index (κ1) is 23.1. The highest BCUT2D eigenvalue weighted by atomic mass is 35.5. The average Bonchev–Trinajstić information content (AvgIpc) is 3.40. The van der Waals surface area contributed by atoms with Gasteiger partial charge in [0.1, 0.15) is 5.82 Å². The number of hydrogen-bond acceptors (Lipinski definition) is 4. The van der Waals surface area contributed by atoms with Gasteiger partial charge in [-0.25, -0.2) is 4.98 Å². The van der Waals surface area contributed by atoms with Gasteiger partial charge in [0.2, 0.25) is 5.88 Å². The maximum absolute atomic E-state index is 6.03. The lowest BCUT2D eigenvalue weighted by molar-refractivity contribution is 0.270. The summed E-state index contributed by atoms with van der Waals surface area (Å²) >= 11 is 6.03. The van der Waals surface area contributed by atoms with Gasteiger partial charge in [-0.3, -0.25) is 4.68 Å². The van der Waals surface area contributed by atoms with Crippen LogP contribution < -0.4 is 4.74 Å². The summed E-state index contributed by atoms with van der Waals surface area (Å²) in [5.74, 6) is 1.61. The van der Waals surface area contributed by atoms with E-state index in [1.54, 1.807) is 0 Å². The Balaban J connectivity index is 1.52. The summed E-state index contributed by atoms with van der Waals surface area (Å²) in [6.07, 6.45) is 5.58. The zero-order valence-electron chi connectivity index (χ0n) is 19.2. The van der Waals surface area contributed by atoms with E-state index in [1.165, 1.54) is 11.1 Å². The van der Waals surface area contributed by atoms with Gasteiger partial charge in [0.25, 0.3) is 0 Å². The highest BCUT2D eigenvalue weighted by Gasteiger charge is 2.13. The van der Waals surface area contributed by atoms with E-state index >= 15 is 0 Å². The minimum atomic E-state index is 0.573. The van der Waals surface area contributed by atoms with E-state index in [1.807, 2.05) is 47.4 Å². The molecule has 33 heavy (non-hydrogen) atoms. The molecule has 0 atom stereocenters. The highest BCUT2D eigenvalue weighted by molar-refractivity contribution is 6.30. The Labute approximate surface area is 200 Å². The molecule has 4 aromatic rings. The van der Waals surface area contributed by atoms with Crippen molar-refractivity contribution >= 4 is 11.6 Å². The van der Waals surface area contributed by atoms with Crippen LogP contribution in [-0.2, 0) is 19.5 Å². The largest absolute Gasteiger partial charge is 0.477 e. The highest BCUT2D eigenvalue weighted by Crippen LogP contribution is 2.18. The van der Waals surface area contributed by atoms with E-state index in [2.05, 4.69) is 58.9 Å². The standard InChI is InChI=1S/C26H30ClN5O/c1-30(2)14-6-16-33-26-18-24(17-21-7-4-3-5-8-21)32(29-26)20-25-28-13-15-31(25)19-22-9-11-23(27)12-10-22/h3-5,7-13,15,18H,6,14,16-17,19-20H2,1-2H3. The number of aromatic nitrogens is 4. The second kappa shape index (κ2) is 11.2. The van der Waals surface area contributed by atoms with Crippen molar-refractivity contribution in [1.29, 1.82) is 0 Å². The summed E-state index contributed by atoms with van der Waals surface area (Å²) < 4.78 is 10.1. The van der Waals surface area contributed by atoms with Gasteiger partial charge in [0, 0.05) is 48.7 Å². The van der Waals surface area contributed by atoms with Crippen LogP contribution in [0.3, 0.4) is 0 Å². The number of imidazole rings is 1. The lowest BCUT2D eigenvalue weighted by Gasteiger charge is -2.11. The molecule has 0 aliphatic carbocycles. The van der Waals surface area contributed by atoms with Gasteiger partial charge in [0.05, 0.1) is 13.2 Å². The quantitative estimate of drug-likeness (QED) is 0.301. The zero-order valence-corrected chi connectivity index (χ0v) is 19.9. The number of halogens is 1. The molecule has 2 aromatic carbocycles. The molecule has 0 aliphatic rings. The molecule has 6 nitrogen and oxygen atoms in total. The smallest absolute Gasteiger partial charge is 0.233 e. The Hall–Kier alpha value is -3.09. The van der Waals surface area contributed by atoms with E-state index in [0.29, 0.717) is 19.0 Å². The number of ether oxygens (including phenoxy) is 1. The topological polar surface area (TPSA) is 48.1 Å². The Morgan fingerprint density at radius 2 is 1.76 bits per heavy atom. The van der Waals surface area contributed by atoms with Crippen molar-refractivity contribution in [2.75, 3.05) is 27.2 Å². The molecule has 0 radical (unpaired) electrons. The SMILES string of the molecule is CN(C)CCCOc1cc(Cc2ccccc2)n(Cc2nccn2Cc2ccc(Cl)cc2)n1. The van der Waals surface area contributed by atoms with Crippen molar-refractivity contribution in [3.8, 4) is 5.88 Å². The fourth-order valence-electron chi connectivity index (χ4n) is 3.70. The molecule has 7 heteroatoms. The Kier molecular flexibility index (Phi) is 7.81. The van der Waals surface area contributed by atoms with Gasteiger partial charge < -0.3 is 14.2 Å². The Morgan fingerprint density at radius 3 is 2.52 bits per heavy atom. The van der Waals surface area contributed by atoms with E-state index in [9.17, 15) is 0 Å². The maximum atomic E-state index is 6.03. The molecule has 172 valence electrons. The van der Waals surface area contributed by atoms with Crippen molar-refractivity contribution in [3.63, 3.8) is 0 Å². The summed E-state index contributed by atoms with van der Waals surface area (Å²) in [5.41, 5.74) is 3.51. The second-order valence-corrected chi connectivity index (χ2v) is 8.83. The minimum Gasteiger partial charge on any atom is -0.477 e. The van der Waals surface area contributed by atoms with Crippen molar-refractivity contribution < 1.29 is 4.74 Å². The van der Waals surface area contributed by atoms with Crippen LogP contribution in [0.15, 0.2) is 73.1 Å². The first-order chi connectivity index (χ1) is 16.1. The van der Waals surface area contributed by atoms with Crippen LogP contribution in [0.1, 0.15) is 29.1 Å². The third-order valence-electron chi connectivity index (χ3n) is 5.43. The number of nitrogens with zero attached hydrogens (tertiary/aromatic N) is 5. The average molecular weight is 464 g/mol. The van der Waals surface area contributed by atoms with Crippen LogP contribution in [-0.4, -0.2) is 51.5 Å². The van der Waals surface area contributed by atoms with E-state index < -0.39 is 0 Å². The molecule has 0 saturated heterocycles. The molecule has 2 aromatic heterocycles. The Bertz CT molecular complexity index is 1140. The minimum absolute atomic E-state index is 0.573. The summed E-state index contributed by atoms with van der Waals surface area (Å²) in [7, 11) is 4.14. The van der Waals surface area contributed by atoms with Crippen LogP contribution in [0.25, 0.3) is 0 Å². The van der Waals surface area contributed by atoms with E-state index in [0.717, 1.165) is 42.5 Å².